The van der Waals surface area contributed by atoms with E-state index in [0.717, 1.165) is 19.0 Å². The molecule has 0 unspecified atom stereocenters. The Morgan fingerprint density at radius 1 is 1.33 bits per heavy atom. The van der Waals surface area contributed by atoms with Crippen molar-refractivity contribution in [3.8, 4) is 0 Å². The van der Waals surface area contributed by atoms with Gasteiger partial charge in [-0.15, -0.1) is 24.0 Å². The number of alkyl halides is 1. The zero-order valence-corrected chi connectivity index (χ0v) is 7.63. The third-order valence-electron chi connectivity index (χ3n) is 1.07. The fourth-order valence-corrected chi connectivity index (χ4v) is 0.926. The molecule has 0 aromatic rings. The van der Waals surface area contributed by atoms with E-state index in [1.807, 2.05) is 0 Å². The summed E-state index contributed by atoms with van der Waals surface area (Å²) >= 11 is 5.49. The van der Waals surface area contributed by atoms with Crippen LogP contribution in [0.5, 0.6) is 0 Å². The zero-order valence-electron chi connectivity index (χ0n) is 6.06. The molecule has 0 heterocycles. The Morgan fingerprint density at radius 2 is 1.89 bits per heavy atom. The molecule has 0 amide bonds. The van der Waals surface area contributed by atoms with Crippen LogP contribution in [0.15, 0.2) is 0 Å². The Kier molecular flexibility index (Phi) is 11.6. The topological polar surface area (TPSA) is 3.24 Å². The normalized spacial score (nSPS) is 9.33. The summed E-state index contributed by atoms with van der Waals surface area (Å²) in [6, 6.07) is 0. The van der Waals surface area contributed by atoms with E-state index >= 15 is 0 Å². The first-order chi connectivity index (χ1) is 3.81. The van der Waals surface area contributed by atoms with Crippen molar-refractivity contribution in [2.24, 2.45) is 0 Å². The van der Waals surface area contributed by atoms with Gasteiger partial charge in [0, 0.05) is 12.4 Å². The zero-order chi connectivity index (χ0) is 6.41. The average molecular weight is 172 g/mol. The van der Waals surface area contributed by atoms with E-state index in [9.17, 15) is 0 Å². The number of hydrogen-bond acceptors (Lipinski definition) is 1. The van der Waals surface area contributed by atoms with E-state index < -0.39 is 0 Å². The number of halogens is 2. The van der Waals surface area contributed by atoms with Gasteiger partial charge in [0.1, 0.15) is 0 Å². The molecule has 0 aromatic heterocycles. The van der Waals surface area contributed by atoms with E-state index in [1.165, 1.54) is 6.42 Å². The molecule has 0 aliphatic rings. The highest BCUT2D eigenvalue weighted by molar-refractivity contribution is 6.18. The van der Waals surface area contributed by atoms with Crippen molar-refractivity contribution in [2.75, 3.05) is 26.0 Å². The Hall–Kier alpha value is 0.540. The minimum absolute atomic E-state index is 0. The fourth-order valence-electron chi connectivity index (χ4n) is 0.638. The van der Waals surface area contributed by atoms with Gasteiger partial charge in [-0.1, -0.05) is 6.92 Å². The smallest absolute Gasteiger partial charge is 0.0351 e. The van der Waals surface area contributed by atoms with Crippen LogP contribution in [-0.4, -0.2) is 30.9 Å². The summed E-state index contributed by atoms with van der Waals surface area (Å²) in [4.78, 5) is 2.23. The molecule has 0 N–H and O–H groups in total. The van der Waals surface area contributed by atoms with Crippen LogP contribution in [-0.2, 0) is 0 Å². The van der Waals surface area contributed by atoms with Gasteiger partial charge in [0.25, 0.3) is 0 Å². The molecule has 0 aromatic carbocycles. The summed E-state index contributed by atoms with van der Waals surface area (Å²) in [7, 11) is 2.09. The molecule has 0 bridgehead atoms. The number of hydrogen-bond donors (Lipinski definition) is 0. The first kappa shape index (κ1) is 12.2. The monoisotopic (exact) mass is 171 g/mol. The van der Waals surface area contributed by atoms with Crippen LogP contribution in [0, 0.1) is 0 Å². The summed E-state index contributed by atoms with van der Waals surface area (Å²) in [5, 5.41) is 0. The summed E-state index contributed by atoms with van der Waals surface area (Å²) in [5.74, 6) is 0.747. The molecule has 0 atom stereocenters. The van der Waals surface area contributed by atoms with Crippen LogP contribution >= 0.6 is 24.0 Å². The van der Waals surface area contributed by atoms with Crippen LogP contribution < -0.4 is 0 Å². The molecule has 0 aliphatic heterocycles. The molecule has 0 radical (unpaired) electrons. The van der Waals surface area contributed by atoms with Crippen molar-refractivity contribution in [3.63, 3.8) is 0 Å². The quantitative estimate of drug-likeness (QED) is 0.586. The van der Waals surface area contributed by atoms with Crippen molar-refractivity contribution in [1.29, 1.82) is 0 Å². The van der Waals surface area contributed by atoms with Gasteiger partial charge in [-0.25, -0.2) is 0 Å². The van der Waals surface area contributed by atoms with Crippen molar-refractivity contribution in [2.45, 2.75) is 13.3 Å². The molecule has 0 spiro atoms. The first-order valence-corrected chi connectivity index (χ1v) is 3.59. The van der Waals surface area contributed by atoms with E-state index in [4.69, 9.17) is 11.6 Å². The maximum absolute atomic E-state index is 5.49. The predicted octanol–water partition coefficient (Wildman–Crippen LogP) is 1.99. The Morgan fingerprint density at radius 3 is 2.22 bits per heavy atom. The summed E-state index contributed by atoms with van der Waals surface area (Å²) in [5.41, 5.74) is 0. The molecular formula is C6H15Cl2N. The lowest BCUT2D eigenvalue weighted by Crippen LogP contribution is -2.21. The van der Waals surface area contributed by atoms with E-state index in [2.05, 4.69) is 18.9 Å². The summed E-state index contributed by atoms with van der Waals surface area (Å²) < 4.78 is 0. The lowest BCUT2D eigenvalue weighted by atomic mass is 10.4. The van der Waals surface area contributed by atoms with Crippen LogP contribution in [0.3, 0.4) is 0 Å². The Bertz CT molecular complexity index is 44.3. The van der Waals surface area contributed by atoms with Gasteiger partial charge in [0.2, 0.25) is 0 Å². The highest BCUT2D eigenvalue weighted by Gasteiger charge is 1.91. The van der Waals surface area contributed by atoms with Crippen LogP contribution in [0.25, 0.3) is 0 Å². The van der Waals surface area contributed by atoms with Gasteiger partial charge >= 0.3 is 0 Å². The second kappa shape index (κ2) is 8.54. The largest absolute Gasteiger partial charge is 0.305 e. The van der Waals surface area contributed by atoms with Gasteiger partial charge in [-0.2, -0.15) is 0 Å². The first-order valence-electron chi connectivity index (χ1n) is 3.05. The summed E-state index contributed by atoms with van der Waals surface area (Å²) in [6.07, 6.45) is 1.22. The maximum Gasteiger partial charge on any atom is 0.0351 e. The van der Waals surface area contributed by atoms with Gasteiger partial charge in [0.15, 0.2) is 0 Å². The fraction of sp³-hybridized carbons (Fsp3) is 1.00. The van der Waals surface area contributed by atoms with Crippen LogP contribution in [0.2, 0.25) is 0 Å². The Balaban J connectivity index is 0. The lowest BCUT2D eigenvalue weighted by molar-refractivity contribution is 0.355. The average Bonchev–Trinajstić information content (AvgIpc) is 1.68. The van der Waals surface area contributed by atoms with Gasteiger partial charge in [0.05, 0.1) is 0 Å². The molecule has 3 heteroatoms. The van der Waals surface area contributed by atoms with Crippen molar-refractivity contribution < 1.29 is 0 Å². The number of nitrogens with zero attached hydrogens (tertiary/aromatic N) is 1. The lowest BCUT2D eigenvalue weighted by Gasteiger charge is -2.11. The minimum Gasteiger partial charge on any atom is -0.305 e. The minimum atomic E-state index is 0. The van der Waals surface area contributed by atoms with Crippen molar-refractivity contribution >= 4 is 24.0 Å². The molecule has 0 saturated carbocycles. The highest BCUT2D eigenvalue weighted by atomic mass is 35.5. The number of rotatable bonds is 4. The molecule has 0 rings (SSSR count). The van der Waals surface area contributed by atoms with Crippen molar-refractivity contribution in [1.82, 2.24) is 4.90 Å². The van der Waals surface area contributed by atoms with E-state index in [1.54, 1.807) is 0 Å². The Labute approximate surface area is 68.8 Å². The molecule has 1 nitrogen and oxygen atoms in total. The SMILES string of the molecule is CCCN(C)CCCl.Cl. The van der Waals surface area contributed by atoms with Crippen molar-refractivity contribution in [3.05, 3.63) is 0 Å². The molecule has 0 fully saturated rings. The third-order valence-corrected chi connectivity index (χ3v) is 1.24. The molecular weight excluding hydrogens is 157 g/mol. The summed E-state index contributed by atoms with van der Waals surface area (Å²) in [6.45, 7) is 4.34. The van der Waals surface area contributed by atoms with Crippen LogP contribution in [0.1, 0.15) is 13.3 Å². The van der Waals surface area contributed by atoms with Gasteiger partial charge in [-0.05, 0) is 20.0 Å². The molecule has 0 aliphatic carbocycles. The van der Waals surface area contributed by atoms with E-state index in [0.29, 0.717) is 0 Å². The second-order valence-electron chi connectivity index (χ2n) is 1.99. The molecule has 58 valence electrons. The second-order valence-corrected chi connectivity index (χ2v) is 2.37. The molecule has 9 heavy (non-hydrogen) atoms. The third kappa shape index (κ3) is 8.54. The highest BCUT2D eigenvalue weighted by Crippen LogP contribution is 1.86. The van der Waals surface area contributed by atoms with E-state index in [-0.39, 0.29) is 12.4 Å². The predicted molar refractivity (Wildman–Crippen MR) is 45.8 cm³/mol. The van der Waals surface area contributed by atoms with Gasteiger partial charge < -0.3 is 4.90 Å². The van der Waals surface area contributed by atoms with Gasteiger partial charge in [-0.3, -0.25) is 0 Å². The maximum atomic E-state index is 5.49. The van der Waals surface area contributed by atoms with Crippen LogP contribution in [0.4, 0.5) is 0 Å². The standard InChI is InChI=1S/C6H14ClN.ClH/c1-3-5-8(2)6-4-7;/h3-6H2,1-2H3;1H. The molecule has 0 saturated heterocycles.